The molecule has 19 heavy (non-hydrogen) atoms. The maximum absolute atomic E-state index is 11.2. The van der Waals surface area contributed by atoms with Gasteiger partial charge >= 0.3 is 5.97 Å². The Bertz CT molecular complexity index is 352. The molecule has 1 N–H and O–H groups in total. The van der Waals surface area contributed by atoms with Crippen LogP contribution in [0.2, 0.25) is 0 Å². The molecule has 0 atom stereocenters. The zero-order valence-electron chi connectivity index (χ0n) is 14.2. The minimum atomic E-state index is -0.732. The van der Waals surface area contributed by atoms with Gasteiger partial charge in [0.15, 0.2) is 0 Å². The van der Waals surface area contributed by atoms with Crippen LogP contribution in [0, 0.1) is 21.7 Å². The maximum atomic E-state index is 11.2. The van der Waals surface area contributed by atoms with Gasteiger partial charge in [0, 0.05) is 0 Å². The molecule has 0 aromatic carbocycles. The molecule has 2 heteroatoms. The van der Waals surface area contributed by atoms with Crippen molar-refractivity contribution in [1.29, 1.82) is 0 Å². The van der Waals surface area contributed by atoms with Crippen molar-refractivity contribution < 1.29 is 9.90 Å². The number of hydrogen-bond acceptors (Lipinski definition) is 1. The summed E-state index contributed by atoms with van der Waals surface area (Å²) in [5.41, 5.74) is -0.552. The number of rotatable bonds is 5. The highest BCUT2D eigenvalue weighted by molar-refractivity contribution is 5.73. The molecule has 0 saturated carbocycles. The fraction of sp³-hybridized carbons (Fsp3) is 0.824. The van der Waals surface area contributed by atoms with E-state index < -0.39 is 11.4 Å². The molecule has 0 rings (SSSR count). The Balaban J connectivity index is 5.03. The van der Waals surface area contributed by atoms with Gasteiger partial charge < -0.3 is 5.11 Å². The molecule has 0 amide bonds. The van der Waals surface area contributed by atoms with Crippen LogP contribution in [0.5, 0.6) is 0 Å². The highest BCUT2D eigenvalue weighted by Gasteiger charge is 2.35. The molecule has 0 heterocycles. The quantitative estimate of drug-likeness (QED) is 0.701. The third kappa shape index (κ3) is 5.38. The minimum Gasteiger partial charge on any atom is -0.481 e. The molecule has 0 bridgehead atoms. The van der Waals surface area contributed by atoms with Crippen molar-refractivity contribution >= 4 is 5.97 Å². The molecule has 2 nitrogen and oxygen atoms in total. The molecule has 112 valence electrons. The molecule has 0 spiro atoms. The van der Waals surface area contributed by atoms with Gasteiger partial charge in [0.2, 0.25) is 0 Å². The Morgan fingerprint density at radius 2 is 1.32 bits per heavy atom. The van der Waals surface area contributed by atoms with Crippen LogP contribution < -0.4 is 0 Å². The van der Waals surface area contributed by atoms with Gasteiger partial charge in [-0.25, -0.2) is 0 Å². The van der Waals surface area contributed by atoms with Crippen molar-refractivity contribution in [1.82, 2.24) is 0 Å². The van der Waals surface area contributed by atoms with Gasteiger partial charge in [-0.2, -0.15) is 0 Å². The number of hydrogen-bond donors (Lipinski definition) is 1. The number of allylic oxidation sites excluding steroid dienone is 2. The van der Waals surface area contributed by atoms with E-state index in [-0.39, 0.29) is 16.2 Å². The zero-order valence-corrected chi connectivity index (χ0v) is 14.2. The predicted octanol–water partition coefficient (Wildman–Crippen LogP) is 5.14. The van der Waals surface area contributed by atoms with Gasteiger partial charge in [0.25, 0.3) is 0 Å². The third-order valence-corrected chi connectivity index (χ3v) is 4.36. The van der Waals surface area contributed by atoms with Crippen LogP contribution in [0.1, 0.15) is 68.7 Å². The third-order valence-electron chi connectivity index (χ3n) is 4.36. The van der Waals surface area contributed by atoms with Crippen LogP contribution in [0.3, 0.4) is 0 Å². The summed E-state index contributed by atoms with van der Waals surface area (Å²) >= 11 is 0. The average molecular weight is 268 g/mol. The van der Waals surface area contributed by atoms with Crippen molar-refractivity contribution in [2.24, 2.45) is 21.7 Å². The smallest absolute Gasteiger partial charge is 0.309 e. The standard InChI is InChI=1S/C17H32O2/c1-14(2,3)17(8,9)11-10-15(4,5)12-16(6,7)13(18)19/h10-11H,12H2,1-9H3,(H,18,19)/b11-10-. The van der Waals surface area contributed by atoms with Crippen molar-refractivity contribution in [3.63, 3.8) is 0 Å². The molecule has 0 radical (unpaired) electrons. The normalized spacial score (nSPS) is 15.0. The van der Waals surface area contributed by atoms with E-state index in [9.17, 15) is 9.90 Å². The second-order valence-electron chi connectivity index (χ2n) is 8.66. The highest BCUT2D eigenvalue weighted by Crippen LogP contribution is 2.41. The molecule has 0 unspecified atom stereocenters. The Labute approximate surface area is 119 Å². The lowest BCUT2D eigenvalue weighted by Crippen LogP contribution is -2.31. The largest absolute Gasteiger partial charge is 0.481 e. The van der Waals surface area contributed by atoms with Gasteiger partial charge in [-0.05, 0) is 36.5 Å². The van der Waals surface area contributed by atoms with Gasteiger partial charge in [0.05, 0.1) is 5.41 Å². The summed E-state index contributed by atoms with van der Waals surface area (Å²) in [7, 11) is 0. The summed E-state index contributed by atoms with van der Waals surface area (Å²) in [5, 5.41) is 9.24. The van der Waals surface area contributed by atoms with Crippen LogP contribution in [0.15, 0.2) is 12.2 Å². The van der Waals surface area contributed by atoms with Crippen LogP contribution in [-0.2, 0) is 4.79 Å². The van der Waals surface area contributed by atoms with Crippen molar-refractivity contribution in [3.05, 3.63) is 12.2 Å². The zero-order chi connectivity index (χ0) is 15.7. The molecule has 0 aromatic rings. The number of aliphatic carboxylic acids is 1. The Morgan fingerprint density at radius 1 is 0.895 bits per heavy atom. The Kier molecular flexibility index (Phi) is 5.08. The van der Waals surface area contributed by atoms with Crippen LogP contribution in [0.4, 0.5) is 0 Å². The molecular formula is C17H32O2. The minimum absolute atomic E-state index is 0.0810. The van der Waals surface area contributed by atoms with Crippen LogP contribution >= 0.6 is 0 Å². The van der Waals surface area contributed by atoms with E-state index in [1.54, 1.807) is 13.8 Å². The predicted molar refractivity (Wildman–Crippen MR) is 82.2 cm³/mol. The monoisotopic (exact) mass is 268 g/mol. The first-order chi connectivity index (χ1) is 8.11. The summed E-state index contributed by atoms with van der Waals surface area (Å²) < 4.78 is 0. The van der Waals surface area contributed by atoms with E-state index >= 15 is 0 Å². The van der Waals surface area contributed by atoms with Crippen molar-refractivity contribution in [2.75, 3.05) is 0 Å². The second-order valence-corrected chi connectivity index (χ2v) is 8.66. The first kappa shape index (κ1) is 18.2. The first-order valence-electron chi connectivity index (χ1n) is 7.05. The van der Waals surface area contributed by atoms with E-state index in [2.05, 4.69) is 60.6 Å². The average Bonchev–Trinajstić information content (AvgIpc) is 2.11. The van der Waals surface area contributed by atoms with Gasteiger partial charge in [-0.15, -0.1) is 0 Å². The van der Waals surface area contributed by atoms with E-state index in [0.29, 0.717) is 6.42 Å². The number of carboxylic acids is 1. The number of carbonyl (C=O) groups is 1. The van der Waals surface area contributed by atoms with Crippen molar-refractivity contribution in [2.45, 2.75) is 68.7 Å². The summed E-state index contributed by atoms with van der Waals surface area (Å²) in [6.07, 6.45) is 5.06. The lowest BCUT2D eigenvalue weighted by Gasteiger charge is -2.38. The summed E-state index contributed by atoms with van der Waals surface area (Å²) in [4.78, 5) is 11.2. The summed E-state index contributed by atoms with van der Waals surface area (Å²) in [6.45, 7) is 18.9. The second kappa shape index (κ2) is 5.30. The SMILES string of the molecule is CC(C)(/C=C\C(C)(C)C(C)(C)C)CC(C)(C)C(=O)O. The fourth-order valence-electron chi connectivity index (χ4n) is 1.96. The molecular weight excluding hydrogens is 236 g/mol. The fourth-order valence-corrected chi connectivity index (χ4v) is 1.96. The summed E-state index contributed by atoms with van der Waals surface area (Å²) in [5.74, 6) is -0.732. The molecule has 0 fully saturated rings. The maximum Gasteiger partial charge on any atom is 0.309 e. The van der Waals surface area contributed by atoms with Gasteiger partial charge in [-0.1, -0.05) is 60.6 Å². The van der Waals surface area contributed by atoms with Gasteiger partial charge in [-0.3, -0.25) is 4.79 Å². The molecule has 0 aliphatic carbocycles. The van der Waals surface area contributed by atoms with Crippen molar-refractivity contribution in [3.8, 4) is 0 Å². The highest BCUT2D eigenvalue weighted by atomic mass is 16.4. The Morgan fingerprint density at radius 3 is 1.63 bits per heavy atom. The molecule has 0 aromatic heterocycles. The number of carboxylic acid groups (broad SMARTS) is 1. The topological polar surface area (TPSA) is 37.3 Å². The summed E-state index contributed by atoms with van der Waals surface area (Å²) in [6, 6.07) is 0. The van der Waals surface area contributed by atoms with E-state index in [1.165, 1.54) is 0 Å². The first-order valence-corrected chi connectivity index (χ1v) is 7.05. The van der Waals surface area contributed by atoms with Crippen LogP contribution in [-0.4, -0.2) is 11.1 Å². The molecule has 0 aliphatic heterocycles. The Hall–Kier alpha value is -0.790. The lowest BCUT2D eigenvalue weighted by atomic mass is 9.67. The van der Waals surface area contributed by atoms with Crippen LogP contribution in [0.25, 0.3) is 0 Å². The van der Waals surface area contributed by atoms with Gasteiger partial charge in [0.1, 0.15) is 0 Å². The molecule has 0 saturated heterocycles. The van der Waals surface area contributed by atoms with E-state index in [4.69, 9.17) is 0 Å². The van der Waals surface area contributed by atoms with E-state index in [1.807, 2.05) is 0 Å². The molecule has 0 aliphatic rings. The van der Waals surface area contributed by atoms with E-state index in [0.717, 1.165) is 0 Å². The lowest BCUT2D eigenvalue weighted by molar-refractivity contribution is -0.148.